The van der Waals surface area contributed by atoms with Gasteiger partial charge in [-0.15, -0.1) is 0 Å². The summed E-state index contributed by atoms with van der Waals surface area (Å²) in [4.78, 5) is 24.6. The van der Waals surface area contributed by atoms with Crippen molar-refractivity contribution < 1.29 is 4.79 Å². The van der Waals surface area contributed by atoms with Crippen molar-refractivity contribution in [2.45, 2.75) is 51.1 Å². The Morgan fingerprint density at radius 1 is 1.17 bits per heavy atom. The van der Waals surface area contributed by atoms with Crippen molar-refractivity contribution in [3.63, 3.8) is 0 Å². The summed E-state index contributed by atoms with van der Waals surface area (Å²) >= 11 is 0. The van der Waals surface area contributed by atoms with Gasteiger partial charge in [-0.25, -0.2) is 4.98 Å². The van der Waals surface area contributed by atoms with Crippen LogP contribution in [0.5, 0.6) is 0 Å². The van der Waals surface area contributed by atoms with Gasteiger partial charge in [-0.1, -0.05) is 18.6 Å². The van der Waals surface area contributed by atoms with Gasteiger partial charge in [0.2, 0.25) is 5.91 Å². The van der Waals surface area contributed by atoms with Gasteiger partial charge in [0.25, 0.3) is 0 Å². The molecule has 0 bridgehead atoms. The predicted octanol–water partition coefficient (Wildman–Crippen LogP) is 2.93. The van der Waals surface area contributed by atoms with Crippen molar-refractivity contribution in [1.82, 2.24) is 19.8 Å². The molecule has 1 aromatic carbocycles. The second kappa shape index (κ2) is 6.93. The van der Waals surface area contributed by atoms with Gasteiger partial charge in [-0.05, 0) is 44.4 Å². The second-order valence-electron chi connectivity index (χ2n) is 7.09. The number of para-hydroxylation sites is 2. The molecule has 5 heteroatoms. The third-order valence-corrected chi connectivity index (χ3v) is 5.44. The van der Waals surface area contributed by atoms with E-state index in [0.717, 1.165) is 62.3 Å². The lowest BCUT2D eigenvalue weighted by Gasteiger charge is -2.36. The van der Waals surface area contributed by atoms with Gasteiger partial charge in [0.05, 0.1) is 17.6 Å². The van der Waals surface area contributed by atoms with E-state index < -0.39 is 0 Å². The monoisotopic (exact) mass is 326 g/mol. The molecule has 2 fully saturated rings. The summed E-state index contributed by atoms with van der Waals surface area (Å²) in [5.41, 5.74) is 2.16. The summed E-state index contributed by atoms with van der Waals surface area (Å²) in [6.07, 6.45) is 6.67. The van der Waals surface area contributed by atoms with Crippen molar-refractivity contribution in [2.24, 2.45) is 0 Å². The first-order valence-corrected chi connectivity index (χ1v) is 9.25. The van der Waals surface area contributed by atoms with Crippen LogP contribution in [0.15, 0.2) is 24.3 Å². The predicted molar refractivity (Wildman–Crippen MR) is 94.6 cm³/mol. The molecule has 5 nitrogen and oxygen atoms in total. The van der Waals surface area contributed by atoms with Crippen molar-refractivity contribution in [2.75, 3.05) is 19.6 Å². The molecule has 3 heterocycles. The van der Waals surface area contributed by atoms with E-state index in [1.807, 2.05) is 17.0 Å². The van der Waals surface area contributed by atoms with Gasteiger partial charge >= 0.3 is 0 Å². The van der Waals surface area contributed by atoms with E-state index in [4.69, 9.17) is 4.98 Å². The van der Waals surface area contributed by atoms with Crippen molar-refractivity contribution in [3.05, 3.63) is 30.1 Å². The Hall–Kier alpha value is -1.88. The minimum Gasteiger partial charge on any atom is -0.343 e. The number of carbonyl (C=O) groups is 1. The van der Waals surface area contributed by atoms with Crippen LogP contribution < -0.4 is 0 Å². The number of rotatable bonds is 5. The Labute approximate surface area is 143 Å². The molecular formula is C19H26N4O. The van der Waals surface area contributed by atoms with E-state index in [2.05, 4.69) is 22.0 Å². The molecule has 2 aromatic rings. The fraction of sp³-hybridized carbons (Fsp3) is 0.579. The van der Waals surface area contributed by atoms with Crippen LogP contribution >= 0.6 is 0 Å². The first-order valence-electron chi connectivity index (χ1n) is 9.25. The first-order chi connectivity index (χ1) is 11.8. The molecule has 0 unspecified atom stereocenters. The first kappa shape index (κ1) is 15.6. The largest absolute Gasteiger partial charge is 0.343 e. The number of hydrogen-bond donors (Lipinski definition) is 1. The van der Waals surface area contributed by atoms with Crippen LogP contribution in [0.2, 0.25) is 0 Å². The molecule has 1 N–H and O–H groups in total. The number of H-pyrrole nitrogens is 1. The highest BCUT2D eigenvalue weighted by Crippen LogP contribution is 2.23. The maximum atomic E-state index is 11.8. The molecule has 4 rings (SSSR count). The molecule has 1 amide bonds. The van der Waals surface area contributed by atoms with E-state index >= 15 is 0 Å². The highest BCUT2D eigenvalue weighted by molar-refractivity contribution is 5.78. The fourth-order valence-corrected chi connectivity index (χ4v) is 4.11. The molecule has 2 aliphatic rings. The lowest BCUT2D eigenvalue weighted by Crippen LogP contribution is -2.41. The van der Waals surface area contributed by atoms with Crippen LogP contribution in [0.3, 0.4) is 0 Å². The van der Waals surface area contributed by atoms with Crippen LogP contribution in [0, 0.1) is 0 Å². The van der Waals surface area contributed by atoms with Gasteiger partial charge < -0.3 is 9.88 Å². The Bertz CT molecular complexity index is 677. The number of benzene rings is 1. The third-order valence-electron chi connectivity index (χ3n) is 5.44. The molecule has 1 atom stereocenters. The zero-order valence-electron chi connectivity index (χ0n) is 14.2. The number of fused-ring (bicyclic) bond motifs is 1. The number of piperidine rings is 1. The van der Waals surface area contributed by atoms with E-state index in [1.165, 1.54) is 19.3 Å². The van der Waals surface area contributed by atoms with Gasteiger partial charge in [0, 0.05) is 25.6 Å². The summed E-state index contributed by atoms with van der Waals surface area (Å²) < 4.78 is 0. The zero-order valence-corrected chi connectivity index (χ0v) is 14.2. The number of amides is 1. The van der Waals surface area contributed by atoms with Crippen molar-refractivity contribution >= 4 is 16.9 Å². The maximum absolute atomic E-state index is 11.8. The standard InChI is InChI=1S/C19H26N4O/c24-19-9-5-12-22(19)13-10-15-6-3-4-11-23(15)14-18-20-16-7-1-2-8-17(16)21-18/h1-2,7-8,15H,3-6,9-14H2,(H,20,21)/t15-/m1/s1. The molecule has 0 aliphatic carbocycles. The number of aromatic nitrogens is 2. The average Bonchev–Trinajstić information content (AvgIpc) is 3.19. The van der Waals surface area contributed by atoms with Crippen molar-refractivity contribution in [3.8, 4) is 0 Å². The highest BCUT2D eigenvalue weighted by Gasteiger charge is 2.26. The van der Waals surface area contributed by atoms with E-state index in [1.54, 1.807) is 0 Å². The topological polar surface area (TPSA) is 52.2 Å². The van der Waals surface area contributed by atoms with Crippen LogP contribution in [-0.2, 0) is 11.3 Å². The van der Waals surface area contributed by atoms with Gasteiger partial charge in [0.1, 0.15) is 5.82 Å². The molecule has 1 aromatic heterocycles. The molecule has 128 valence electrons. The lowest BCUT2D eigenvalue weighted by molar-refractivity contribution is -0.127. The molecule has 2 saturated heterocycles. The third kappa shape index (κ3) is 3.31. The minimum atomic E-state index is 0.342. The number of hydrogen-bond acceptors (Lipinski definition) is 3. The lowest BCUT2D eigenvalue weighted by atomic mass is 9.99. The summed E-state index contributed by atoms with van der Waals surface area (Å²) in [5, 5.41) is 0. The van der Waals surface area contributed by atoms with E-state index in [0.29, 0.717) is 11.9 Å². The van der Waals surface area contributed by atoms with Gasteiger partial charge in [-0.2, -0.15) is 0 Å². The van der Waals surface area contributed by atoms with Gasteiger partial charge in [-0.3, -0.25) is 9.69 Å². The van der Waals surface area contributed by atoms with Crippen LogP contribution in [0.1, 0.15) is 44.3 Å². The number of likely N-dealkylation sites (tertiary alicyclic amines) is 2. The van der Waals surface area contributed by atoms with Crippen molar-refractivity contribution in [1.29, 1.82) is 0 Å². The number of aromatic amines is 1. The van der Waals surface area contributed by atoms with E-state index in [-0.39, 0.29) is 0 Å². The Morgan fingerprint density at radius 3 is 2.92 bits per heavy atom. The number of carbonyl (C=O) groups excluding carboxylic acids is 1. The molecule has 0 radical (unpaired) electrons. The zero-order chi connectivity index (χ0) is 16.4. The Balaban J connectivity index is 1.40. The van der Waals surface area contributed by atoms with Crippen LogP contribution in [-0.4, -0.2) is 51.4 Å². The smallest absolute Gasteiger partial charge is 0.222 e. The maximum Gasteiger partial charge on any atom is 0.222 e. The Morgan fingerprint density at radius 2 is 2.08 bits per heavy atom. The molecule has 0 spiro atoms. The van der Waals surface area contributed by atoms with Crippen LogP contribution in [0.4, 0.5) is 0 Å². The summed E-state index contributed by atoms with van der Waals surface area (Å²) in [5.74, 6) is 1.40. The SMILES string of the molecule is O=C1CCCN1CC[C@H]1CCCCN1Cc1nc2ccccc2[nH]1. The molecule has 0 saturated carbocycles. The highest BCUT2D eigenvalue weighted by atomic mass is 16.2. The van der Waals surface area contributed by atoms with Crippen LogP contribution in [0.25, 0.3) is 11.0 Å². The summed E-state index contributed by atoms with van der Waals surface area (Å²) in [7, 11) is 0. The molecular weight excluding hydrogens is 300 g/mol. The van der Waals surface area contributed by atoms with Gasteiger partial charge in [0.15, 0.2) is 0 Å². The minimum absolute atomic E-state index is 0.342. The molecule has 24 heavy (non-hydrogen) atoms. The van der Waals surface area contributed by atoms with E-state index in [9.17, 15) is 4.79 Å². The fourth-order valence-electron chi connectivity index (χ4n) is 4.11. The normalized spacial score (nSPS) is 22.6. The average molecular weight is 326 g/mol. The number of nitrogens with one attached hydrogen (secondary N) is 1. The molecule has 2 aliphatic heterocycles. The number of imidazole rings is 1. The number of nitrogens with zero attached hydrogens (tertiary/aromatic N) is 3. The Kier molecular flexibility index (Phi) is 4.52. The summed E-state index contributed by atoms with van der Waals surface area (Å²) in [6.45, 7) is 3.89. The summed E-state index contributed by atoms with van der Waals surface area (Å²) in [6, 6.07) is 8.78. The second-order valence-corrected chi connectivity index (χ2v) is 7.09. The quantitative estimate of drug-likeness (QED) is 0.919.